The molecule has 16 heavy (non-hydrogen) atoms. The molecule has 0 saturated carbocycles. The Morgan fingerprint density at radius 1 is 1.38 bits per heavy atom. The molecule has 2 aliphatic rings. The quantitative estimate of drug-likeness (QED) is 0.816. The zero-order chi connectivity index (χ0) is 10.8. The Hall–Kier alpha value is -1.22. The molecular formula is C13H18N2O. The number of ether oxygens (including phenoxy) is 1. The van der Waals surface area contributed by atoms with Crippen molar-refractivity contribution in [1.82, 2.24) is 5.32 Å². The maximum atomic E-state index is 5.66. The zero-order valence-corrected chi connectivity index (χ0v) is 9.48. The van der Waals surface area contributed by atoms with E-state index >= 15 is 0 Å². The second-order valence-electron chi connectivity index (χ2n) is 4.56. The van der Waals surface area contributed by atoms with Crippen LogP contribution in [0.25, 0.3) is 0 Å². The standard InChI is InChI=1S/C13H18N2O/c1-2-6-13-12(5-1)15(8-9-16-13)10-11-4-3-7-14-11/h1-2,5-6,11,14H,3-4,7-10H2. The van der Waals surface area contributed by atoms with Crippen LogP contribution in [-0.4, -0.2) is 32.3 Å². The van der Waals surface area contributed by atoms with Gasteiger partial charge in [-0.25, -0.2) is 0 Å². The van der Waals surface area contributed by atoms with E-state index in [4.69, 9.17) is 4.74 Å². The normalized spacial score (nSPS) is 24.0. The van der Waals surface area contributed by atoms with Gasteiger partial charge in [-0.15, -0.1) is 0 Å². The number of nitrogens with one attached hydrogen (secondary N) is 1. The summed E-state index contributed by atoms with van der Waals surface area (Å²) in [6.45, 7) is 4.11. The van der Waals surface area contributed by atoms with Crippen LogP contribution >= 0.6 is 0 Å². The van der Waals surface area contributed by atoms with Gasteiger partial charge >= 0.3 is 0 Å². The third kappa shape index (κ3) is 1.87. The largest absolute Gasteiger partial charge is 0.490 e. The van der Waals surface area contributed by atoms with Gasteiger partial charge in [0, 0.05) is 12.6 Å². The average Bonchev–Trinajstić information content (AvgIpc) is 2.82. The van der Waals surface area contributed by atoms with Crippen molar-refractivity contribution < 1.29 is 4.74 Å². The Bertz CT molecular complexity index is 361. The highest BCUT2D eigenvalue weighted by atomic mass is 16.5. The third-order valence-electron chi connectivity index (χ3n) is 3.43. The zero-order valence-electron chi connectivity index (χ0n) is 9.48. The molecule has 3 rings (SSSR count). The summed E-state index contributed by atoms with van der Waals surface area (Å²) in [4.78, 5) is 2.45. The molecule has 1 aromatic rings. The van der Waals surface area contributed by atoms with E-state index in [9.17, 15) is 0 Å². The van der Waals surface area contributed by atoms with Crippen LogP contribution in [-0.2, 0) is 0 Å². The van der Waals surface area contributed by atoms with Gasteiger partial charge in [-0.3, -0.25) is 0 Å². The lowest BCUT2D eigenvalue weighted by Gasteiger charge is -2.33. The van der Waals surface area contributed by atoms with E-state index in [2.05, 4.69) is 28.4 Å². The SMILES string of the molecule is c1ccc2c(c1)OCCN2CC1CCCN1. The number of fused-ring (bicyclic) bond motifs is 1. The van der Waals surface area contributed by atoms with Crippen molar-refractivity contribution in [3.05, 3.63) is 24.3 Å². The summed E-state index contributed by atoms with van der Waals surface area (Å²) in [6, 6.07) is 9.00. The number of nitrogens with zero attached hydrogens (tertiary/aromatic N) is 1. The summed E-state index contributed by atoms with van der Waals surface area (Å²) in [5, 5.41) is 3.55. The first-order valence-electron chi connectivity index (χ1n) is 6.13. The number of rotatable bonds is 2. The second kappa shape index (κ2) is 4.34. The molecule has 0 aromatic heterocycles. The highest BCUT2D eigenvalue weighted by Crippen LogP contribution is 2.31. The van der Waals surface area contributed by atoms with E-state index in [-0.39, 0.29) is 0 Å². The number of hydrogen-bond donors (Lipinski definition) is 1. The lowest BCUT2D eigenvalue weighted by Crippen LogP contribution is -2.41. The molecule has 2 aliphatic heterocycles. The van der Waals surface area contributed by atoms with E-state index in [0.29, 0.717) is 6.04 Å². The predicted octanol–water partition coefficient (Wildman–Crippen LogP) is 1.64. The van der Waals surface area contributed by atoms with Gasteiger partial charge in [0.2, 0.25) is 0 Å². The molecule has 0 spiro atoms. The number of anilines is 1. The summed E-state index contributed by atoms with van der Waals surface area (Å²) in [6.07, 6.45) is 2.62. The first kappa shape index (κ1) is 9.97. The predicted molar refractivity (Wildman–Crippen MR) is 65.2 cm³/mol. The topological polar surface area (TPSA) is 24.5 Å². The van der Waals surface area contributed by atoms with Gasteiger partial charge in [0.15, 0.2) is 0 Å². The Labute approximate surface area is 96.4 Å². The fourth-order valence-electron chi connectivity index (χ4n) is 2.59. The van der Waals surface area contributed by atoms with Crippen molar-refractivity contribution in [3.63, 3.8) is 0 Å². The summed E-state index contributed by atoms with van der Waals surface area (Å²) in [7, 11) is 0. The van der Waals surface area contributed by atoms with Gasteiger partial charge < -0.3 is 15.0 Å². The van der Waals surface area contributed by atoms with Gasteiger partial charge in [-0.2, -0.15) is 0 Å². The van der Waals surface area contributed by atoms with E-state index in [1.165, 1.54) is 25.1 Å². The Balaban J connectivity index is 1.76. The smallest absolute Gasteiger partial charge is 0.142 e. The fourth-order valence-corrected chi connectivity index (χ4v) is 2.59. The van der Waals surface area contributed by atoms with Crippen molar-refractivity contribution in [2.75, 3.05) is 31.1 Å². The molecule has 1 fully saturated rings. The van der Waals surface area contributed by atoms with Crippen LogP contribution in [0.2, 0.25) is 0 Å². The number of hydrogen-bond acceptors (Lipinski definition) is 3. The van der Waals surface area contributed by atoms with Crippen molar-refractivity contribution in [2.45, 2.75) is 18.9 Å². The summed E-state index contributed by atoms with van der Waals surface area (Å²) >= 11 is 0. The number of benzene rings is 1. The molecule has 3 heteroatoms. The van der Waals surface area contributed by atoms with Crippen LogP contribution in [0, 0.1) is 0 Å². The molecule has 1 unspecified atom stereocenters. The van der Waals surface area contributed by atoms with Crippen LogP contribution in [0.5, 0.6) is 5.75 Å². The van der Waals surface area contributed by atoms with Crippen LogP contribution < -0.4 is 15.0 Å². The molecule has 1 atom stereocenters. The summed E-state index contributed by atoms with van der Waals surface area (Å²) in [5.41, 5.74) is 1.25. The van der Waals surface area contributed by atoms with Gasteiger partial charge in [0.1, 0.15) is 12.4 Å². The molecule has 0 bridgehead atoms. The van der Waals surface area contributed by atoms with Crippen LogP contribution in [0.3, 0.4) is 0 Å². The van der Waals surface area contributed by atoms with Crippen molar-refractivity contribution in [1.29, 1.82) is 0 Å². The maximum absolute atomic E-state index is 5.66. The third-order valence-corrected chi connectivity index (χ3v) is 3.43. The molecule has 3 nitrogen and oxygen atoms in total. The average molecular weight is 218 g/mol. The van der Waals surface area contributed by atoms with E-state index < -0.39 is 0 Å². The molecule has 1 N–H and O–H groups in total. The molecule has 1 aromatic carbocycles. The molecule has 0 aliphatic carbocycles. The Morgan fingerprint density at radius 3 is 3.19 bits per heavy atom. The molecule has 0 radical (unpaired) electrons. The van der Waals surface area contributed by atoms with Gasteiger partial charge in [0.25, 0.3) is 0 Å². The molecule has 86 valence electrons. The van der Waals surface area contributed by atoms with Crippen molar-refractivity contribution >= 4 is 5.69 Å². The Morgan fingerprint density at radius 2 is 2.31 bits per heavy atom. The second-order valence-corrected chi connectivity index (χ2v) is 4.56. The fraction of sp³-hybridized carbons (Fsp3) is 0.538. The van der Waals surface area contributed by atoms with Gasteiger partial charge in [-0.05, 0) is 31.5 Å². The van der Waals surface area contributed by atoms with Crippen LogP contribution in [0.1, 0.15) is 12.8 Å². The van der Waals surface area contributed by atoms with Crippen LogP contribution in [0.15, 0.2) is 24.3 Å². The van der Waals surface area contributed by atoms with E-state index in [1.807, 2.05) is 6.07 Å². The van der Waals surface area contributed by atoms with Crippen molar-refractivity contribution in [2.24, 2.45) is 0 Å². The molecule has 2 heterocycles. The highest BCUT2D eigenvalue weighted by molar-refractivity contribution is 5.59. The molecule has 1 saturated heterocycles. The molecule has 0 amide bonds. The van der Waals surface area contributed by atoms with E-state index in [0.717, 1.165) is 25.4 Å². The first-order valence-corrected chi connectivity index (χ1v) is 6.13. The summed E-state index contributed by atoms with van der Waals surface area (Å²) < 4.78 is 5.66. The highest BCUT2D eigenvalue weighted by Gasteiger charge is 2.22. The lowest BCUT2D eigenvalue weighted by molar-refractivity contribution is 0.305. The van der Waals surface area contributed by atoms with Gasteiger partial charge in [0.05, 0.1) is 12.2 Å². The minimum atomic E-state index is 0.658. The van der Waals surface area contributed by atoms with Crippen molar-refractivity contribution in [3.8, 4) is 5.75 Å². The summed E-state index contributed by atoms with van der Waals surface area (Å²) in [5.74, 6) is 1.03. The van der Waals surface area contributed by atoms with Gasteiger partial charge in [-0.1, -0.05) is 12.1 Å². The lowest BCUT2D eigenvalue weighted by atomic mass is 10.1. The monoisotopic (exact) mass is 218 g/mol. The minimum Gasteiger partial charge on any atom is -0.490 e. The van der Waals surface area contributed by atoms with Crippen LogP contribution in [0.4, 0.5) is 5.69 Å². The molecular weight excluding hydrogens is 200 g/mol. The minimum absolute atomic E-state index is 0.658. The first-order chi connectivity index (χ1) is 7.93. The Kier molecular flexibility index (Phi) is 2.70. The maximum Gasteiger partial charge on any atom is 0.142 e. The van der Waals surface area contributed by atoms with E-state index in [1.54, 1.807) is 0 Å². The number of para-hydroxylation sites is 2.